The lowest BCUT2D eigenvalue weighted by molar-refractivity contribution is 0.402. The summed E-state index contributed by atoms with van der Waals surface area (Å²) in [6, 6.07) is 11.2. The van der Waals surface area contributed by atoms with E-state index in [4.69, 9.17) is 0 Å². The third kappa shape index (κ3) is 4.54. The minimum absolute atomic E-state index is 1.02. The van der Waals surface area contributed by atoms with Gasteiger partial charge >= 0.3 is 0 Å². The van der Waals surface area contributed by atoms with Crippen LogP contribution in [0.2, 0.25) is 19.6 Å². The summed E-state index contributed by atoms with van der Waals surface area (Å²) in [7, 11) is 3.11. The van der Waals surface area contributed by atoms with Crippen LogP contribution in [0.1, 0.15) is 11.1 Å². The topological polar surface area (TPSA) is 3.24 Å². The van der Waals surface area contributed by atoms with Gasteiger partial charge in [-0.2, -0.15) is 17.7 Å². The standard InChI is InChI=1S/C13H22NSi/c1-14(2)10-12-8-6-7-9-13(12)11-15(3,4)5/h6-9,11H,10H2,1-5H3/q-1. The van der Waals surface area contributed by atoms with E-state index in [2.05, 4.69) is 68.9 Å². The molecule has 84 valence electrons. The molecule has 0 radical (unpaired) electrons. The van der Waals surface area contributed by atoms with E-state index < -0.39 is 8.07 Å². The minimum atomic E-state index is -1.12. The highest BCUT2D eigenvalue weighted by Crippen LogP contribution is 2.18. The Bertz CT molecular complexity index is 313. The van der Waals surface area contributed by atoms with Gasteiger partial charge in [0.2, 0.25) is 0 Å². The molecule has 0 saturated carbocycles. The van der Waals surface area contributed by atoms with Crippen molar-refractivity contribution in [3.8, 4) is 0 Å². The smallest absolute Gasteiger partial charge is 0.00841 e. The zero-order chi connectivity index (χ0) is 11.5. The van der Waals surface area contributed by atoms with Crippen LogP contribution in [0, 0.1) is 6.04 Å². The molecule has 0 atom stereocenters. The van der Waals surface area contributed by atoms with Crippen molar-refractivity contribution >= 4 is 8.07 Å². The van der Waals surface area contributed by atoms with Crippen LogP contribution >= 0.6 is 0 Å². The van der Waals surface area contributed by atoms with Crippen LogP contribution in [0.4, 0.5) is 0 Å². The molecule has 2 heteroatoms. The Labute approximate surface area is 95.1 Å². The molecule has 0 bridgehead atoms. The molecule has 1 aromatic rings. The van der Waals surface area contributed by atoms with E-state index in [-0.39, 0.29) is 0 Å². The number of hydrogen-bond acceptors (Lipinski definition) is 1. The predicted molar refractivity (Wildman–Crippen MR) is 70.6 cm³/mol. The molecule has 0 heterocycles. The molecule has 0 saturated heterocycles. The Morgan fingerprint density at radius 1 is 1.13 bits per heavy atom. The molecule has 0 aromatic heterocycles. The first kappa shape index (κ1) is 12.3. The Morgan fingerprint density at radius 2 is 1.73 bits per heavy atom. The van der Waals surface area contributed by atoms with Crippen molar-refractivity contribution in [2.45, 2.75) is 26.2 Å². The van der Waals surface area contributed by atoms with Crippen molar-refractivity contribution in [1.29, 1.82) is 0 Å². The SMILES string of the molecule is CN(C)Cc1ccccc1[CH-][Si](C)(C)C. The highest BCUT2D eigenvalue weighted by Gasteiger charge is 2.08. The average Bonchev–Trinajstić information content (AvgIpc) is 2.05. The predicted octanol–water partition coefficient (Wildman–Crippen LogP) is 3.18. The van der Waals surface area contributed by atoms with Crippen LogP contribution in [-0.2, 0) is 6.54 Å². The van der Waals surface area contributed by atoms with Crippen LogP contribution in [0.15, 0.2) is 24.3 Å². The first-order valence-corrected chi connectivity index (χ1v) is 9.05. The quantitative estimate of drug-likeness (QED) is 0.556. The lowest BCUT2D eigenvalue weighted by Gasteiger charge is -2.27. The van der Waals surface area contributed by atoms with Gasteiger partial charge in [0.1, 0.15) is 0 Å². The van der Waals surface area contributed by atoms with E-state index in [1.54, 1.807) is 0 Å². The van der Waals surface area contributed by atoms with Crippen molar-refractivity contribution < 1.29 is 0 Å². The molecule has 0 unspecified atom stereocenters. The summed E-state index contributed by atoms with van der Waals surface area (Å²) in [6.07, 6.45) is 0. The third-order valence-electron chi connectivity index (χ3n) is 2.13. The number of nitrogens with zero attached hydrogens (tertiary/aromatic N) is 1. The lowest BCUT2D eigenvalue weighted by Crippen LogP contribution is -2.23. The van der Waals surface area contributed by atoms with Crippen LogP contribution < -0.4 is 0 Å². The number of rotatable bonds is 4. The first-order valence-electron chi connectivity index (χ1n) is 5.47. The Morgan fingerprint density at radius 3 is 2.27 bits per heavy atom. The van der Waals surface area contributed by atoms with E-state index in [0.29, 0.717) is 0 Å². The first-order chi connectivity index (χ1) is 6.88. The number of benzene rings is 1. The highest BCUT2D eigenvalue weighted by molar-refractivity contribution is 6.80. The summed E-state index contributed by atoms with van der Waals surface area (Å²) in [5.74, 6) is 0. The van der Waals surface area contributed by atoms with Gasteiger partial charge in [0.15, 0.2) is 0 Å². The third-order valence-corrected chi connectivity index (χ3v) is 3.31. The summed E-state index contributed by atoms with van der Waals surface area (Å²) >= 11 is 0. The second-order valence-corrected chi connectivity index (χ2v) is 10.5. The summed E-state index contributed by atoms with van der Waals surface area (Å²) in [4.78, 5) is 2.22. The fourth-order valence-electron chi connectivity index (χ4n) is 1.63. The van der Waals surface area contributed by atoms with Crippen LogP contribution in [0.5, 0.6) is 0 Å². The molecule has 15 heavy (non-hydrogen) atoms. The molecule has 0 spiro atoms. The molecule has 0 N–H and O–H groups in total. The normalized spacial score (nSPS) is 11.9. The van der Waals surface area contributed by atoms with Gasteiger partial charge in [0, 0.05) is 8.07 Å². The maximum Gasteiger partial charge on any atom is 0.00841 e. The summed E-state index contributed by atoms with van der Waals surface area (Å²) in [5, 5.41) is 0. The lowest BCUT2D eigenvalue weighted by atomic mass is 10.1. The minimum Gasteiger partial charge on any atom is -0.316 e. The average molecular weight is 220 g/mol. The second-order valence-electron chi connectivity index (χ2n) is 5.45. The van der Waals surface area contributed by atoms with E-state index in [1.807, 2.05) is 0 Å². The van der Waals surface area contributed by atoms with Gasteiger partial charge in [-0.25, -0.2) is 0 Å². The van der Waals surface area contributed by atoms with Crippen molar-refractivity contribution in [1.82, 2.24) is 4.90 Å². The van der Waals surface area contributed by atoms with E-state index in [9.17, 15) is 0 Å². The summed E-state index contributed by atoms with van der Waals surface area (Å²) < 4.78 is 0. The van der Waals surface area contributed by atoms with Gasteiger partial charge in [-0.1, -0.05) is 25.7 Å². The van der Waals surface area contributed by atoms with Crippen molar-refractivity contribution in [2.24, 2.45) is 0 Å². The van der Waals surface area contributed by atoms with Crippen molar-refractivity contribution in [3.05, 3.63) is 41.4 Å². The highest BCUT2D eigenvalue weighted by atomic mass is 28.3. The monoisotopic (exact) mass is 220 g/mol. The summed E-state index contributed by atoms with van der Waals surface area (Å²) in [5.41, 5.74) is 2.86. The maximum atomic E-state index is 2.48. The van der Waals surface area contributed by atoms with Crippen molar-refractivity contribution in [3.63, 3.8) is 0 Å². The van der Waals surface area contributed by atoms with E-state index in [1.165, 1.54) is 11.1 Å². The molecular formula is C13H22NSi-. The van der Waals surface area contributed by atoms with Gasteiger partial charge in [-0.3, -0.25) is 0 Å². The number of hydrogen-bond donors (Lipinski definition) is 0. The van der Waals surface area contributed by atoms with Crippen molar-refractivity contribution in [2.75, 3.05) is 14.1 Å². The molecule has 1 aromatic carbocycles. The molecule has 0 aliphatic carbocycles. The Hall–Kier alpha value is -0.733. The van der Waals surface area contributed by atoms with Gasteiger partial charge < -0.3 is 4.90 Å². The second kappa shape index (κ2) is 4.86. The fourth-order valence-corrected chi connectivity index (χ4v) is 2.84. The zero-order valence-electron chi connectivity index (χ0n) is 10.5. The van der Waals surface area contributed by atoms with Gasteiger partial charge in [0.05, 0.1) is 0 Å². The molecule has 0 aliphatic heterocycles. The summed E-state index contributed by atoms with van der Waals surface area (Å²) in [6.45, 7) is 8.15. The van der Waals surface area contributed by atoms with Crippen LogP contribution in [-0.4, -0.2) is 27.1 Å². The molecule has 1 nitrogen and oxygen atoms in total. The molecule has 0 fully saturated rings. The molecular weight excluding hydrogens is 198 g/mol. The Balaban J connectivity index is 2.86. The maximum absolute atomic E-state index is 2.48. The van der Waals surface area contributed by atoms with Gasteiger partial charge in [-0.05, 0) is 20.6 Å². The zero-order valence-corrected chi connectivity index (χ0v) is 11.5. The molecule has 1 rings (SSSR count). The Kier molecular flexibility index (Phi) is 4.00. The molecule has 0 amide bonds. The fraction of sp³-hybridized carbons (Fsp3) is 0.462. The largest absolute Gasteiger partial charge is 0.316 e. The van der Waals surface area contributed by atoms with E-state index in [0.717, 1.165) is 6.54 Å². The molecule has 0 aliphatic rings. The van der Waals surface area contributed by atoms with Gasteiger partial charge in [0.25, 0.3) is 0 Å². The van der Waals surface area contributed by atoms with E-state index >= 15 is 0 Å². The van der Waals surface area contributed by atoms with Gasteiger partial charge in [-0.15, -0.1) is 17.7 Å². The van der Waals surface area contributed by atoms with Crippen LogP contribution in [0.25, 0.3) is 0 Å². The van der Waals surface area contributed by atoms with Crippen LogP contribution in [0.3, 0.4) is 0 Å².